The summed E-state index contributed by atoms with van der Waals surface area (Å²) < 4.78 is 20.2. The van der Waals surface area contributed by atoms with E-state index in [-0.39, 0.29) is 11.5 Å². The molecule has 0 spiro atoms. The average Bonchev–Trinajstić information content (AvgIpc) is 2.52. The van der Waals surface area contributed by atoms with Crippen molar-refractivity contribution in [1.29, 1.82) is 0 Å². The number of ether oxygens (including phenoxy) is 1. The second kappa shape index (κ2) is 9.07. The molecule has 0 aromatic heterocycles. The van der Waals surface area contributed by atoms with Gasteiger partial charge in [0.1, 0.15) is 12.8 Å². The van der Waals surface area contributed by atoms with Crippen molar-refractivity contribution in [2.45, 2.75) is 85.9 Å². The predicted octanol–water partition coefficient (Wildman–Crippen LogP) is 5.32. The van der Waals surface area contributed by atoms with Crippen LogP contribution in [0, 0.1) is 34.5 Å². The van der Waals surface area contributed by atoms with Crippen LogP contribution >= 0.6 is 0 Å². The maximum Gasteiger partial charge on any atom is 0.139 e. The summed E-state index contributed by atoms with van der Waals surface area (Å²) in [7, 11) is 0. The summed E-state index contributed by atoms with van der Waals surface area (Å²) in [5.74, 6) is 7.77. The van der Waals surface area contributed by atoms with Gasteiger partial charge in [0.15, 0.2) is 0 Å². The lowest BCUT2D eigenvalue weighted by Gasteiger charge is -2.40. The molecule has 1 saturated heterocycles. The molecule has 0 radical (unpaired) electrons. The monoisotopic (exact) mass is 365 g/mol. The van der Waals surface area contributed by atoms with Gasteiger partial charge in [0.05, 0.1) is 6.10 Å². The fourth-order valence-electron chi connectivity index (χ4n) is 4.33. The van der Waals surface area contributed by atoms with Crippen LogP contribution in [0.3, 0.4) is 0 Å². The predicted molar refractivity (Wildman–Crippen MR) is 108 cm³/mol. The highest BCUT2D eigenvalue weighted by atomic mass is 19.1. The van der Waals surface area contributed by atoms with E-state index in [0.717, 1.165) is 31.3 Å². The molecular formula is C23H40FNO. The van der Waals surface area contributed by atoms with Crippen LogP contribution in [0.15, 0.2) is 0 Å². The van der Waals surface area contributed by atoms with Gasteiger partial charge in [-0.3, -0.25) is 4.90 Å². The quantitative estimate of drug-likeness (QED) is 0.625. The van der Waals surface area contributed by atoms with E-state index in [4.69, 9.17) is 4.74 Å². The van der Waals surface area contributed by atoms with Crippen molar-refractivity contribution in [3.05, 3.63) is 0 Å². The van der Waals surface area contributed by atoms with Crippen molar-refractivity contribution in [3.63, 3.8) is 0 Å². The molecule has 2 nitrogen and oxygen atoms in total. The van der Waals surface area contributed by atoms with Gasteiger partial charge in [-0.2, -0.15) is 0 Å². The minimum atomic E-state index is -0.883. The average molecular weight is 366 g/mol. The van der Waals surface area contributed by atoms with Gasteiger partial charge in [-0.05, 0) is 70.1 Å². The first-order valence-electron chi connectivity index (χ1n) is 10.5. The zero-order valence-corrected chi connectivity index (χ0v) is 17.9. The molecule has 26 heavy (non-hydrogen) atoms. The molecule has 2 fully saturated rings. The Morgan fingerprint density at radius 1 is 1.00 bits per heavy atom. The van der Waals surface area contributed by atoms with Crippen molar-refractivity contribution in [2.24, 2.45) is 22.7 Å². The highest BCUT2D eigenvalue weighted by Crippen LogP contribution is 2.40. The Kier molecular flexibility index (Phi) is 7.57. The van der Waals surface area contributed by atoms with Crippen molar-refractivity contribution < 1.29 is 9.13 Å². The first-order chi connectivity index (χ1) is 12.0. The van der Waals surface area contributed by atoms with E-state index in [1.165, 1.54) is 25.7 Å². The largest absolute Gasteiger partial charge is 0.362 e. The minimum absolute atomic E-state index is 0.0200. The first-order valence-corrected chi connectivity index (χ1v) is 10.5. The third-order valence-electron chi connectivity index (χ3n) is 5.99. The lowest BCUT2D eigenvalue weighted by Crippen LogP contribution is -2.47. The zero-order chi connectivity index (χ0) is 19.4. The van der Waals surface area contributed by atoms with E-state index in [1.807, 2.05) is 0 Å². The van der Waals surface area contributed by atoms with Crippen LogP contribution in [-0.2, 0) is 4.74 Å². The molecule has 1 aliphatic heterocycles. The van der Waals surface area contributed by atoms with Crippen molar-refractivity contribution in [1.82, 2.24) is 4.90 Å². The Hall–Kier alpha value is -0.590. The summed E-state index contributed by atoms with van der Waals surface area (Å²) in [6.07, 6.45) is 4.90. The zero-order valence-electron chi connectivity index (χ0n) is 17.9. The summed E-state index contributed by atoms with van der Waals surface area (Å²) in [6, 6.07) is 0. The van der Waals surface area contributed by atoms with Gasteiger partial charge in [0, 0.05) is 25.0 Å². The molecule has 0 amide bonds. The van der Waals surface area contributed by atoms with Crippen LogP contribution in [0.25, 0.3) is 0 Å². The third kappa shape index (κ3) is 7.20. The van der Waals surface area contributed by atoms with Gasteiger partial charge in [0.25, 0.3) is 0 Å². The second-order valence-electron chi connectivity index (χ2n) is 10.5. The summed E-state index contributed by atoms with van der Waals surface area (Å²) in [4.78, 5) is 2.33. The molecule has 2 unspecified atom stereocenters. The fraction of sp³-hybridized carbons (Fsp3) is 0.913. The normalized spacial score (nSPS) is 31.3. The molecule has 1 saturated carbocycles. The van der Waals surface area contributed by atoms with Crippen LogP contribution < -0.4 is 0 Å². The van der Waals surface area contributed by atoms with Crippen molar-refractivity contribution in [3.8, 4) is 11.8 Å². The van der Waals surface area contributed by atoms with Crippen molar-refractivity contribution >= 4 is 0 Å². The maximum atomic E-state index is 14.5. The third-order valence-corrected chi connectivity index (χ3v) is 5.99. The van der Waals surface area contributed by atoms with E-state index in [1.54, 1.807) is 0 Å². The van der Waals surface area contributed by atoms with E-state index in [2.05, 4.69) is 58.3 Å². The standard InChI is InChI=1S/C23H40FNO/c1-22(2,3)13-7-15-26-21-12-14-25(17-20(21)24)16-18-8-10-19(11-9-18)23(4,5)6/h18-21H,8-12,14-17H2,1-6H3. The highest BCUT2D eigenvalue weighted by Gasteiger charge is 2.33. The number of hydrogen-bond acceptors (Lipinski definition) is 2. The smallest absolute Gasteiger partial charge is 0.139 e. The van der Waals surface area contributed by atoms with E-state index in [9.17, 15) is 4.39 Å². The minimum Gasteiger partial charge on any atom is -0.362 e. The summed E-state index contributed by atoms with van der Waals surface area (Å²) in [5.41, 5.74) is 0.411. The lowest BCUT2D eigenvalue weighted by molar-refractivity contribution is -0.0386. The van der Waals surface area contributed by atoms with Gasteiger partial charge in [-0.25, -0.2) is 4.39 Å². The number of hydrogen-bond donors (Lipinski definition) is 0. The van der Waals surface area contributed by atoms with E-state index in [0.29, 0.717) is 18.6 Å². The molecule has 0 aromatic rings. The van der Waals surface area contributed by atoms with Gasteiger partial charge < -0.3 is 4.74 Å². The summed E-state index contributed by atoms with van der Waals surface area (Å²) in [5, 5.41) is 0. The van der Waals surface area contributed by atoms with Gasteiger partial charge in [-0.1, -0.05) is 32.6 Å². The topological polar surface area (TPSA) is 12.5 Å². The molecular weight excluding hydrogens is 325 g/mol. The molecule has 1 heterocycles. The number of likely N-dealkylation sites (tertiary alicyclic amines) is 1. The van der Waals surface area contributed by atoms with Crippen LogP contribution in [0.5, 0.6) is 0 Å². The molecule has 0 aromatic carbocycles. The molecule has 150 valence electrons. The molecule has 0 N–H and O–H groups in total. The Morgan fingerprint density at radius 3 is 2.19 bits per heavy atom. The van der Waals surface area contributed by atoms with Crippen LogP contribution in [0.2, 0.25) is 0 Å². The molecule has 2 rings (SSSR count). The lowest BCUT2D eigenvalue weighted by atomic mass is 9.70. The number of alkyl halides is 1. The van der Waals surface area contributed by atoms with Gasteiger partial charge in [-0.15, -0.1) is 0 Å². The Balaban J connectivity index is 1.69. The van der Waals surface area contributed by atoms with Gasteiger partial charge >= 0.3 is 0 Å². The Bertz CT molecular complexity index is 485. The fourth-order valence-corrected chi connectivity index (χ4v) is 4.33. The Morgan fingerprint density at radius 2 is 1.65 bits per heavy atom. The number of rotatable bonds is 4. The van der Waals surface area contributed by atoms with Crippen molar-refractivity contribution in [2.75, 3.05) is 26.2 Å². The van der Waals surface area contributed by atoms with Crippen LogP contribution in [0.4, 0.5) is 4.39 Å². The first kappa shape index (κ1) is 21.7. The summed E-state index contributed by atoms with van der Waals surface area (Å²) in [6.45, 7) is 16.2. The van der Waals surface area contributed by atoms with Crippen LogP contribution in [-0.4, -0.2) is 43.4 Å². The van der Waals surface area contributed by atoms with Gasteiger partial charge in [0.2, 0.25) is 0 Å². The van der Waals surface area contributed by atoms with Crippen LogP contribution in [0.1, 0.15) is 73.6 Å². The van der Waals surface area contributed by atoms with E-state index < -0.39 is 6.17 Å². The number of piperidine rings is 1. The number of halogens is 1. The summed E-state index contributed by atoms with van der Waals surface area (Å²) >= 11 is 0. The molecule has 2 atom stereocenters. The van der Waals surface area contributed by atoms with E-state index >= 15 is 0 Å². The Labute approximate surface area is 161 Å². The second-order valence-corrected chi connectivity index (χ2v) is 10.5. The maximum absolute atomic E-state index is 14.5. The highest BCUT2D eigenvalue weighted by molar-refractivity contribution is 5.07. The number of nitrogens with zero attached hydrogens (tertiary/aromatic N) is 1. The molecule has 2 aliphatic rings. The molecule has 3 heteroatoms. The molecule has 0 bridgehead atoms. The molecule has 1 aliphatic carbocycles. The SMILES string of the molecule is CC(C)(C)C#CCOC1CCN(CC2CCC(C(C)(C)C)CC2)CC1F.